The van der Waals surface area contributed by atoms with Crippen molar-refractivity contribution in [1.29, 1.82) is 0 Å². The summed E-state index contributed by atoms with van der Waals surface area (Å²) in [6.45, 7) is 4.66. The third kappa shape index (κ3) is 4.73. The lowest BCUT2D eigenvalue weighted by molar-refractivity contribution is 0.0726. The van der Waals surface area contributed by atoms with E-state index in [1.807, 2.05) is 55.6 Å². The maximum Gasteiger partial charge on any atom is 0.253 e. The van der Waals surface area contributed by atoms with Crippen molar-refractivity contribution in [2.24, 2.45) is 5.73 Å². The van der Waals surface area contributed by atoms with Crippen molar-refractivity contribution >= 4 is 29.9 Å². The number of amides is 1. The van der Waals surface area contributed by atoms with E-state index in [0.717, 1.165) is 10.6 Å². The van der Waals surface area contributed by atoms with Gasteiger partial charge in [0.2, 0.25) is 0 Å². The Labute approximate surface area is 155 Å². The standard InChI is InChI=1S/C19H23ClN2O.ClH/c1-13(16-8-10-18(20)11-9-16)14(2)22(3)19(23)17-6-4-15(12-21)5-7-17;/h4-11,13-14H,12,21H2,1-3H3;1H. The van der Waals surface area contributed by atoms with Gasteiger partial charge in [-0.2, -0.15) is 0 Å². The number of hydrogen-bond donors (Lipinski definition) is 1. The van der Waals surface area contributed by atoms with Gasteiger partial charge in [0.15, 0.2) is 0 Å². The predicted octanol–water partition coefficient (Wildman–Crippen LogP) is 4.48. The normalized spacial score (nSPS) is 12.9. The molecule has 0 aromatic heterocycles. The van der Waals surface area contributed by atoms with E-state index in [1.54, 1.807) is 4.90 Å². The molecule has 0 aliphatic heterocycles. The molecule has 2 atom stereocenters. The molecule has 2 N–H and O–H groups in total. The highest BCUT2D eigenvalue weighted by Crippen LogP contribution is 2.24. The van der Waals surface area contributed by atoms with Gasteiger partial charge in [-0.1, -0.05) is 42.8 Å². The largest absolute Gasteiger partial charge is 0.338 e. The monoisotopic (exact) mass is 366 g/mol. The highest BCUT2D eigenvalue weighted by molar-refractivity contribution is 6.30. The number of hydrogen-bond acceptors (Lipinski definition) is 2. The molecule has 2 unspecified atom stereocenters. The van der Waals surface area contributed by atoms with Gasteiger partial charge in [0, 0.05) is 36.1 Å². The fourth-order valence-electron chi connectivity index (χ4n) is 2.55. The molecule has 2 aromatic rings. The third-order valence-electron chi connectivity index (χ3n) is 4.49. The fourth-order valence-corrected chi connectivity index (χ4v) is 2.68. The lowest BCUT2D eigenvalue weighted by Crippen LogP contribution is -2.38. The lowest BCUT2D eigenvalue weighted by atomic mass is 9.93. The molecule has 1 amide bonds. The molecule has 0 saturated heterocycles. The number of likely N-dealkylation sites (N-methyl/N-ethyl adjacent to an activating group) is 1. The van der Waals surface area contributed by atoms with Crippen LogP contribution in [-0.2, 0) is 6.54 Å². The highest BCUT2D eigenvalue weighted by Gasteiger charge is 2.23. The first-order valence-electron chi connectivity index (χ1n) is 7.75. The summed E-state index contributed by atoms with van der Waals surface area (Å²) in [5.41, 5.74) is 8.46. The molecule has 5 heteroatoms. The molecule has 0 heterocycles. The van der Waals surface area contributed by atoms with Gasteiger partial charge in [0.1, 0.15) is 0 Å². The van der Waals surface area contributed by atoms with Gasteiger partial charge in [-0.25, -0.2) is 0 Å². The molecular formula is C19H24Cl2N2O. The van der Waals surface area contributed by atoms with Gasteiger partial charge in [0.05, 0.1) is 0 Å². The van der Waals surface area contributed by atoms with E-state index in [2.05, 4.69) is 13.8 Å². The summed E-state index contributed by atoms with van der Waals surface area (Å²) in [5.74, 6) is 0.228. The summed E-state index contributed by atoms with van der Waals surface area (Å²) >= 11 is 5.94. The maximum atomic E-state index is 12.6. The van der Waals surface area contributed by atoms with Crippen molar-refractivity contribution < 1.29 is 4.79 Å². The number of nitrogens with two attached hydrogens (primary N) is 1. The number of halogens is 2. The molecule has 0 bridgehead atoms. The summed E-state index contributed by atoms with van der Waals surface area (Å²) < 4.78 is 0. The van der Waals surface area contributed by atoms with Gasteiger partial charge in [-0.15, -0.1) is 12.4 Å². The average molecular weight is 367 g/mol. The van der Waals surface area contributed by atoms with E-state index in [4.69, 9.17) is 17.3 Å². The minimum atomic E-state index is 0. The second-order valence-electron chi connectivity index (χ2n) is 5.90. The summed E-state index contributed by atoms with van der Waals surface area (Å²) in [4.78, 5) is 14.4. The molecule has 0 spiro atoms. The number of rotatable bonds is 5. The molecule has 0 aliphatic rings. The zero-order chi connectivity index (χ0) is 17.0. The van der Waals surface area contributed by atoms with Crippen LogP contribution in [0, 0.1) is 0 Å². The Balaban J connectivity index is 0.00000288. The summed E-state index contributed by atoms with van der Waals surface area (Å²) in [7, 11) is 1.84. The maximum absolute atomic E-state index is 12.6. The minimum Gasteiger partial charge on any atom is -0.338 e. The average Bonchev–Trinajstić information content (AvgIpc) is 2.60. The van der Waals surface area contributed by atoms with E-state index in [0.29, 0.717) is 12.1 Å². The SMILES string of the molecule is CC(c1ccc(Cl)cc1)C(C)N(C)C(=O)c1ccc(CN)cc1.Cl. The summed E-state index contributed by atoms with van der Waals surface area (Å²) in [6, 6.07) is 15.3. The van der Waals surface area contributed by atoms with Gasteiger partial charge < -0.3 is 10.6 Å². The zero-order valence-corrected chi connectivity index (χ0v) is 15.8. The molecule has 0 radical (unpaired) electrons. The van der Waals surface area contributed by atoms with Crippen LogP contribution >= 0.6 is 24.0 Å². The Bertz CT molecular complexity index is 656. The number of carbonyl (C=O) groups excluding carboxylic acids is 1. The summed E-state index contributed by atoms with van der Waals surface area (Å²) in [6.07, 6.45) is 0. The lowest BCUT2D eigenvalue weighted by Gasteiger charge is -2.30. The van der Waals surface area contributed by atoms with Crippen LogP contribution in [0.2, 0.25) is 5.02 Å². The quantitative estimate of drug-likeness (QED) is 0.847. The van der Waals surface area contributed by atoms with Crippen molar-refractivity contribution in [2.45, 2.75) is 32.4 Å². The molecule has 0 aliphatic carbocycles. The van der Waals surface area contributed by atoms with Gasteiger partial charge in [-0.3, -0.25) is 4.79 Å². The highest BCUT2D eigenvalue weighted by atomic mass is 35.5. The van der Waals surface area contributed by atoms with E-state index < -0.39 is 0 Å². The van der Waals surface area contributed by atoms with Crippen molar-refractivity contribution in [3.63, 3.8) is 0 Å². The Kier molecular flexibility index (Phi) is 7.74. The van der Waals surface area contributed by atoms with Crippen LogP contribution in [0.4, 0.5) is 0 Å². The smallest absolute Gasteiger partial charge is 0.253 e. The molecule has 2 rings (SSSR count). The molecule has 130 valence electrons. The predicted molar refractivity (Wildman–Crippen MR) is 103 cm³/mol. The number of nitrogens with zero attached hydrogens (tertiary/aromatic N) is 1. The van der Waals surface area contributed by atoms with Crippen molar-refractivity contribution in [1.82, 2.24) is 4.90 Å². The Morgan fingerprint density at radius 2 is 1.62 bits per heavy atom. The fraction of sp³-hybridized carbons (Fsp3) is 0.316. The molecule has 2 aromatic carbocycles. The second-order valence-corrected chi connectivity index (χ2v) is 6.33. The first kappa shape index (κ1) is 20.5. The summed E-state index contributed by atoms with van der Waals surface area (Å²) in [5, 5.41) is 0.720. The van der Waals surface area contributed by atoms with Crippen LogP contribution in [0.1, 0.15) is 41.3 Å². The van der Waals surface area contributed by atoms with Crippen molar-refractivity contribution in [3.8, 4) is 0 Å². The van der Waals surface area contributed by atoms with E-state index in [1.165, 1.54) is 5.56 Å². The van der Waals surface area contributed by atoms with E-state index in [-0.39, 0.29) is 30.3 Å². The number of benzene rings is 2. The van der Waals surface area contributed by atoms with Gasteiger partial charge in [-0.05, 0) is 42.3 Å². The van der Waals surface area contributed by atoms with Crippen LogP contribution in [0.5, 0.6) is 0 Å². The molecule has 0 saturated carbocycles. The van der Waals surface area contributed by atoms with Gasteiger partial charge >= 0.3 is 0 Å². The molecule has 24 heavy (non-hydrogen) atoms. The van der Waals surface area contributed by atoms with Crippen LogP contribution in [0.3, 0.4) is 0 Å². The number of carbonyl (C=O) groups is 1. The van der Waals surface area contributed by atoms with E-state index in [9.17, 15) is 4.79 Å². The molecule has 0 fully saturated rings. The van der Waals surface area contributed by atoms with Crippen molar-refractivity contribution in [3.05, 3.63) is 70.2 Å². The van der Waals surface area contributed by atoms with Crippen molar-refractivity contribution in [2.75, 3.05) is 7.05 Å². The van der Waals surface area contributed by atoms with Crippen LogP contribution in [0.15, 0.2) is 48.5 Å². The topological polar surface area (TPSA) is 46.3 Å². The first-order chi connectivity index (χ1) is 10.9. The van der Waals surface area contributed by atoms with Crippen LogP contribution in [0.25, 0.3) is 0 Å². The van der Waals surface area contributed by atoms with Crippen LogP contribution in [-0.4, -0.2) is 23.9 Å². The molecule has 3 nitrogen and oxygen atoms in total. The molecular weight excluding hydrogens is 343 g/mol. The Hall–Kier alpha value is -1.55. The zero-order valence-electron chi connectivity index (χ0n) is 14.2. The minimum absolute atomic E-state index is 0. The first-order valence-corrected chi connectivity index (χ1v) is 8.13. The third-order valence-corrected chi connectivity index (χ3v) is 4.74. The second kappa shape index (κ2) is 9.07. The van der Waals surface area contributed by atoms with Crippen LogP contribution < -0.4 is 5.73 Å². The van der Waals surface area contributed by atoms with Gasteiger partial charge in [0.25, 0.3) is 5.91 Å². The van der Waals surface area contributed by atoms with E-state index >= 15 is 0 Å². The Morgan fingerprint density at radius 3 is 2.12 bits per heavy atom. The Morgan fingerprint density at radius 1 is 1.08 bits per heavy atom.